The van der Waals surface area contributed by atoms with Crippen LogP contribution in [-0.4, -0.2) is 48.9 Å². The molecule has 2 atom stereocenters. The molecule has 1 saturated heterocycles. The number of rotatable bonds is 3. The van der Waals surface area contributed by atoms with Gasteiger partial charge in [0.15, 0.2) is 5.82 Å². The number of likely N-dealkylation sites (tertiary alicyclic amines) is 1. The Kier molecular flexibility index (Phi) is 4.29. The molecule has 1 aliphatic heterocycles. The smallest absolute Gasteiger partial charge is 0.275 e. The van der Waals surface area contributed by atoms with Gasteiger partial charge in [-0.1, -0.05) is 24.4 Å². The maximum atomic E-state index is 12.9. The number of nitrogens with one attached hydrogen (secondary N) is 1. The predicted molar refractivity (Wildman–Crippen MR) is 87.9 cm³/mol. The highest BCUT2D eigenvalue weighted by molar-refractivity contribution is 5.93. The SMILES string of the molecule is Cc1noc([C@H]2C[C@@H](O)CN2C(=O)c2cc(C3CCCCC3)[nH]n2)n1. The molecule has 0 bridgehead atoms. The Morgan fingerprint density at radius 2 is 2.16 bits per heavy atom. The summed E-state index contributed by atoms with van der Waals surface area (Å²) in [4.78, 5) is 18.7. The first-order valence-corrected chi connectivity index (χ1v) is 8.96. The fraction of sp³-hybridized carbons (Fsp3) is 0.647. The van der Waals surface area contributed by atoms with Crippen LogP contribution in [0.4, 0.5) is 0 Å². The van der Waals surface area contributed by atoms with E-state index >= 15 is 0 Å². The van der Waals surface area contributed by atoms with Gasteiger partial charge in [-0.05, 0) is 25.8 Å². The second-order valence-corrected chi connectivity index (χ2v) is 7.09. The van der Waals surface area contributed by atoms with E-state index in [2.05, 4.69) is 20.3 Å². The molecule has 8 nitrogen and oxygen atoms in total. The summed E-state index contributed by atoms with van der Waals surface area (Å²) in [5.74, 6) is 1.13. The third-order valence-corrected chi connectivity index (χ3v) is 5.23. The Labute approximate surface area is 145 Å². The molecule has 1 amide bonds. The largest absolute Gasteiger partial charge is 0.391 e. The van der Waals surface area contributed by atoms with E-state index in [4.69, 9.17) is 4.52 Å². The molecule has 0 spiro atoms. The van der Waals surface area contributed by atoms with Crippen molar-refractivity contribution in [2.45, 2.75) is 63.5 Å². The molecule has 2 aliphatic rings. The number of aliphatic hydroxyl groups is 1. The highest BCUT2D eigenvalue weighted by Gasteiger charge is 2.39. The minimum Gasteiger partial charge on any atom is -0.391 e. The average Bonchev–Trinajstić information content (AvgIpc) is 3.34. The Hall–Kier alpha value is -2.22. The molecule has 0 unspecified atom stereocenters. The summed E-state index contributed by atoms with van der Waals surface area (Å²) < 4.78 is 5.22. The lowest BCUT2D eigenvalue weighted by atomic mass is 9.87. The topological polar surface area (TPSA) is 108 Å². The normalized spacial score (nSPS) is 24.8. The van der Waals surface area contributed by atoms with E-state index in [0.29, 0.717) is 29.7 Å². The summed E-state index contributed by atoms with van der Waals surface area (Å²) >= 11 is 0. The van der Waals surface area contributed by atoms with Crippen molar-refractivity contribution in [3.63, 3.8) is 0 Å². The van der Waals surface area contributed by atoms with Crippen molar-refractivity contribution in [2.75, 3.05) is 6.54 Å². The second kappa shape index (κ2) is 6.59. The lowest BCUT2D eigenvalue weighted by Crippen LogP contribution is -2.32. The number of aliphatic hydroxyl groups excluding tert-OH is 1. The van der Waals surface area contributed by atoms with Crippen LogP contribution in [0.3, 0.4) is 0 Å². The highest BCUT2D eigenvalue weighted by Crippen LogP contribution is 2.34. The van der Waals surface area contributed by atoms with E-state index in [-0.39, 0.29) is 12.5 Å². The molecule has 25 heavy (non-hydrogen) atoms. The van der Waals surface area contributed by atoms with Crippen molar-refractivity contribution in [3.8, 4) is 0 Å². The number of aromatic nitrogens is 4. The van der Waals surface area contributed by atoms with Gasteiger partial charge in [-0.15, -0.1) is 0 Å². The van der Waals surface area contributed by atoms with E-state index in [1.165, 1.54) is 19.3 Å². The van der Waals surface area contributed by atoms with Gasteiger partial charge in [-0.25, -0.2) is 0 Å². The number of hydrogen-bond donors (Lipinski definition) is 2. The zero-order valence-corrected chi connectivity index (χ0v) is 14.3. The third-order valence-electron chi connectivity index (χ3n) is 5.23. The van der Waals surface area contributed by atoms with Crippen molar-refractivity contribution in [1.29, 1.82) is 0 Å². The quantitative estimate of drug-likeness (QED) is 0.882. The zero-order valence-electron chi connectivity index (χ0n) is 14.3. The molecule has 3 heterocycles. The molecular weight excluding hydrogens is 322 g/mol. The van der Waals surface area contributed by atoms with Crippen LogP contribution < -0.4 is 0 Å². The van der Waals surface area contributed by atoms with Crippen molar-refractivity contribution in [3.05, 3.63) is 29.2 Å². The summed E-state index contributed by atoms with van der Waals surface area (Å²) in [6.45, 7) is 1.98. The number of carbonyl (C=O) groups excluding carboxylic acids is 1. The molecule has 134 valence electrons. The Morgan fingerprint density at radius 3 is 2.88 bits per heavy atom. The van der Waals surface area contributed by atoms with Gasteiger partial charge in [0.25, 0.3) is 5.91 Å². The molecule has 2 aromatic rings. The molecule has 0 radical (unpaired) electrons. The van der Waals surface area contributed by atoms with Crippen molar-refractivity contribution in [2.24, 2.45) is 0 Å². The molecule has 1 aliphatic carbocycles. The first kappa shape index (κ1) is 16.3. The number of aromatic amines is 1. The monoisotopic (exact) mass is 345 g/mol. The highest BCUT2D eigenvalue weighted by atomic mass is 16.5. The third kappa shape index (κ3) is 3.18. The first-order chi connectivity index (χ1) is 12.1. The number of H-pyrrole nitrogens is 1. The number of hydrogen-bond acceptors (Lipinski definition) is 6. The van der Waals surface area contributed by atoms with Gasteiger partial charge in [-0.3, -0.25) is 9.89 Å². The molecule has 2 aromatic heterocycles. The van der Waals surface area contributed by atoms with Gasteiger partial charge in [0.2, 0.25) is 5.89 Å². The number of carbonyl (C=O) groups is 1. The predicted octanol–water partition coefficient (Wildman–Crippen LogP) is 2.10. The van der Waals surface area contributed by atoms with Crippen LogP contribution in [0.2, 0.25) is 0 Å². The molecule has 2 N–H and O–H groups in total. The fourth-order valence-electron chi connectivity index (χ4n) is 3.94. The molecule has 0 aromatic carbocycles. The van der Waals surface area contributed by atoms with Crippen LogP contribution in [0.5, 0.6) is 0 Å². The Morgan fingerprint density at radius 1 is 1.36 bits per heavy atom. The summed E-state index contributed by atoms with van der Waals surface area (Å²) in [5.41, 5.74) is 1.42. The van der Waals surface area contributed by atoms with E-state index in [1.54, 1.807) is 11.8 Å². The number of β-amino-alcohol motifs (C(OH)–C–C–N with tert-alkyl or cyclic N) is 1. The van der Waals surface area contributed by atoms with Crippen LogP contribution in [0.1, 0.15) is 78.4 Å². The lowest BCUT2D eigenvalue weighted by Gasteiger charge is -2.20. The Balaban J connectivity index is 1.54. The average molecular weight is 345 g/mol. The van der Waals surface area contributed by atoms with E-state index in [0.717, 1.165) is 18.5 Å². The first-order valence-electron chi connectivity index (χ1n) is 8.96. The van der Waals surface area contributed by atoms with Crippen LogP contribution >= 0.6 is 0 Å². The molecular formula is C17H23N5O3. The van der Waals surface area contributed by atoms with Crippen LogP contribution in [0.15, 0.2) is 10.6 Å². The lowest BCUT2D eigenvalue weighted by molar-refractivity contribution is 0.0687. The van der Waals surface area contributed by atoms with Gasteiger partial charge in [0.1, 0.15) is 11.7 Å². The van der Waals surface area contributed by atoms with Crippen molar-refractivity contribution < 1.29 is 14.4 Å². The molecule has 2 fully saturated rings. The minimum atomic E-state index is -0.599. The van der Waals surface area contributed by atoms with E-state index in [1.807, 2.05) is 6.07 Å². The summed E-state index contributed by atoms with van der Waals surface area (Å²) in [6, 6.07) is 1.46. The minimum absolute atomic E-state index is 0.212. The van der Waals surface area contributed by atoms with Gasteiger partial charge >= 0.3 is 0 Å². The zero-order chi connectivity index (χ0) is 17.4. The van der Waals surface area contributed by atoms with Crippen molar-refractivity contribution >= 4 is 5.91 Å². The van der Waals surface area contributed by atoms with Gasteiger partial charge < -0.3 is 14.5 Å². The standard InChI is InChI=1S/C17H23N5O3/c1-10-18-16(25-21-10)15-7-12(23)9-22(15)17(24)14-8-13(19-20-14)11-5-3-2-4-6-11/h8,11-12,15,23H,2-7,9H2,1H3,(H,19,20)/t12-,15-/m1/s1. The maximum absolute atomic E-state index is 12.9. The fourth-order valence-corrected chi connectivity index (χ4v) is 3.94. The number of nitrogens with zero attached hydrogens (tertiary/aromatic N) is 4. The number of amides is 1. The molecule has 8 heteroatoms. The van der Waals surface area contributed by atoms with Crippen LogP contribution in [0, 0.1) is 6.92 Å². The summed E-state index contributed by atoms with van der Waals surface area (Å²) in [7, 11) is 0. The molecule has 1 saturated carbocycles. The summed E-state index contributed by atoms with van der Waals surface area (Å²) in [6.07, 6.45) is 5.82. The van der Waals surface area contributed by atoms with Gasteiger partial charge in [-0.2, -0.15) is 10.1 Å². The number of aryl methyl sites for hydroxylation is 1. The summed E-state index contributed by atoms with van der Waals surface area (Å²) in [5, 5.41) is 21.1. The van der Waals surface area contributed by atoms with Crippen LogP contribution in [-0.2, 0) is 0 Å². The van der Waals surface area contributed by atoms with Crippen molar-refractivity contribution in [1.82, 2.24) is 25.2 Å². The molecule has 4 rings (SSSR count). The second-order valence-electron chi connectivity index (χ2n) is 7.09. The Bertz CT molecular complexity index is 749. The van der Waals surface area contributed by atoms with Crippen LogP contribution in [0.25, 0.3) is 0 Å². The van der Waals surface area contributed by atoms with E-state index in [9.17, 15) is 9.90 Å². The van der Waals surface area contributed by atoms with Gasteiger partial charge in [0.05, 0.1) is 6.10 Å². The van der Waals surface area contributed by atoms with E-state index < -0.39 is 12.1 Å². The maximum Gasteiger partial charge on any atom is 0.275 e. The van der Waals surface area contributed by atoms with Gasteiger partial charge in [0, 0.05) is 24.6 Å².